The molecule has 2 aromatic heterocycles. The second-order valence-electron chi connectivity index (χ2n) is 6.77. The van der Waals surface area contributed by atoms with Crippen LogP contribution >= 0.6 is 0 Å². The van der Waals surface area contributed by atoms with E-state index in [1.54, 1.807) is 27.6 Å². The summed E-state index contributed by atoms with van der Waals surface area (Å²) in [5.74, 6) is -1.31. The van der Waals surface area contributed by atoms with Gasteiger partial charge in [0.25, 0.3) is 0 Å². The van der Waals surface area contributed by atoms with E-state index in [1.165, 1.54) is 6.07 Å². The molecule has 0 aliphatic heterocycles. The number of benzene rings is 2. The second-order valence-corrected chi connectivity index (χ2v) is 7.60. The SMILES string of the molecule is O=[SH](=O)NCc1ccc2c(c1)ncn2-c1nc2ccc(F)c(F)c2n1C1CC1. The van der Waals surface area contributed by atoms with Crippen LogP contribution in [0.1, 0.15) is 24.4 Å². The molecule has 0 atom stereocenters. The van der Waals surface area contributed by atoms with Crippen molar-refractivity contribution in [3.63, 3.8) is 0 Å². The van der Waals surface area contributed by atoms with Gasteiger partial charge < -0.3 is 4.57 Å². The Kier molecular flexibility index (Phi) is 3.91. The van der Waals surface area contributed by atoms with Gasteiger partial charge in [-0.3, -0.25) is 4.57 Å². The number of imidazole rings is 2. The molecule has 7 nitrogen and oxygen atoms in total. The Hall–Kier alpha value is -2.85. The minimum atomic E-state index is -2.68. The molecule has 4 aromatic rings. The largest absolute Gasteiger partial charge is 0.304 e. The van der Waals surface area contributed by atoms with Gasteiger partial charge in [-0.25, -0.2) is 31.9 Å². The van der Waals surface area contributed by atoms with Gasteiger partial charge in [0, 0.05) is 12.6 Å². The first-order valence-electron chi connectivity index (χ1n) is 8.73. The van der Waals surface area contributed by atoms with Gasteiger partial charge in [-0.1, -0.05) is 6.07 Å². The molecule has 0 spiro atoms. The fraction of sp³-hybridized carbons (Fsp3) is 0.222. The van der Waals surface area contributed by atoms with E-state index in [2.05, 4.69) is 14.7 Å². The molecule has 5 rings (SSSR count). The lowest BCUT2D eigenvalue weighted by Gasteiger charge is -2.09. The van der Waals surface area contributed by atoms with E-state index in [0.29, 0.717) is 17.0 Å². The van der Waals surface area contributed by atoms with Crippen molar-refractivity contribution in [3.05, 3.63) is 53.9 Å². The predicted octanol–water partition coefficient (Wildman–Crippen LogP) is 2.60. The van der Waals surface area contributed by atoms with E-state index in [0.717, 1.165) is 30.0 Å². The van der Waals surface area contributed by atoms with Crippen molar-refractivity contribution in [3.8, 4) is 5.95 Å². The van der Waals surface area contributed by atoms with Crippen LogP contribution in [0.15, 0.2) is 36.7 Å². The van der Waals surface area contributed by atoms with Gasteiger partial charge in [-0.15, -0.1) is 0 Å². The lowest BCUT2D eigenvalue weighted by atomic mass is 10.2. The van der Waals surface area contributed by atoms with Crippen molar-refractivity contribution in [1.29, 1.82) is 0 Å². The van der Waals surface area contributed by atoms with E-state index in [4.69, 9.17) is 0 Å². The average Bonchev–Trinajstić information content (AvgIpc) is 3.31. The van der Waals surface area contributed by atoms with Gasteiger partial charge in [0.2, 0.25) is 16.8 Å². The minimum absolute atomic E-state index is 0.0746. The lowest BCUT2D eigenvalue weighted by Crippen LogP contribution is -2.10. The molecule has 10 heteroatoms. The number of thiol groups is 1. The number of hydrogen-bond acceptors (Lipinski definition) is 4. The summed E-state index contributed by atoms with van der Waals surface area (Å²) < 4.78 is 55.6. The highest BCUT2D eigenvalue weighted by atomic mass is 32.2. The van der Waals surface area contributed by atoms with Crippen molar-refractivity contribution in [2.24, 2.45) is 0 Å². The minimum Gasteiger partial charge on any atom is -0.304 e. The molecular formula is C18H15F2N5O2S. The van der Waals surface area contributed by atoms with Crippen LogP contribution in [0, 0.1) is 11.6 Å². The zero-order chi connectivity index (χ0) is 19.4. The normalized spacial score (nSPS) is 14.5. The molecule has 0 radical (unpaired) electrons. The third-order valence-electron chi connectivity index (χ3n) is 4.88. The Morgan fingerprint density at radius 2 is 1.96 bits per heavy atom. The standard InChI is InChI=1S/C18H15F2N5O2S/c19-12-4-5-13-17(16(12)20)25(11-2-3-11)18(23-13)24-9-21-14-7-10(1-6-15(14)24)8-22-28(26)27/h1,4-7,9,11,28H,2-3,8H2,(H,22,26,27). The first kappa shape index (κ1) is 17.3. The molecule has 1 aliphatic rings. The fourth-order valence-electron chi connectivity index (χ4n) is 3.44. The summed E-state index contributed by atoms with van der Waals surface area (Å²) in [6.07, 6.45) is 3.35. The summed E-state index contributed by atoms with van der Waals surface area (Å²) in [6.45, 7) is 0.173. The van der Waals surface area contributed by atoms with E-state index in [-0.39, 0.29) is 18.1 Å². The van der Waals surface area contributed by atoms with Crippen LogP contribution in [0.2, 0.25) is 0 Å². The number of nitrogens with zero attached hydrogens (tertiary/aromatic N) is 4. The van der Waals surface area contributed by atoms with Crippen LogP contribution in [0.5, 0.6) is 0 Å². The molecule has 1 N–H and O–H groups in total. The monoisotopic (exact) mass is 403 g/mol. The predicted molar refractivity (Wildman–Crippen MR) is 99.7 cm³/mol. The smallest absolute Gasteiger partial charge is 0.217 e. The van der Waals surface area contributed by atoms with Gasteiger partial charge in [0.1, 0.15) is 11.8 Å². The van der Waals surface area contributed by atoms with Crippen LogP contribution in [0.4, 0.5) is 8.78 Å². The molecule has 1 fully saturated rings. The number of nitrogens with one attached hydrogen (secondary N) is 1. The summed E-state index contributed by atoms with van der Waals surface area (Å²) in [6, 6.07) is 8.01. The maximum atomic E-state index is 14.5. The molecule has 0 amide bonds. The molecular weight excluding hydrogens is 388 g/mol. The highest BCUT2D eigenvalue weighted by Gasteiger charge is 2.31. The van der Waals surface area contributed by atoms with Gasteiger partial charge in [-0.05, 0) is 42.7 Å². The summed E-state index contributed by atoms with van der Waals surface area (Å²) in [4.78, 5) is 8.91. The van der Waals surface area contributed by atoms with Crippen molar-refractivity contribution in [1.82, 2.24) is 23.8 Å². The average molecular weight is 403 g/mol. The zero-order valence-corrected chi connectivity index (χ0v) is 15.4. The Balaban J connectivity index is 1.67. The molecule has 28 heavy (non-hydrogen) atoms. The van der Waals surface area contributed by atoms with Crippen LogP contribution in [-0.4, -0.2) is 27.5 Å². The molecule has 0 bridgehead atoms. The lowest BCUT2D eigenvalue weighted by molar-refractivity contribution is 0.511. The summed E-state index contributed by atoms with van der Waals surface area (Å²) in [5.41, 5.74) is 2.72. The summed E-state index contributed by atoms with van der Waals surface area (Å²) in [7, 11) is -2.68. The number of fused-ring (bicyclic) bond motifs is 2. The fourth-order valence-corrected chi connectivity index (χ4v) is 3.75. The first-order chi connectivity index (χ1) is 13.5. The molecule has 1 saturated carbocycles. The maximum Gasteiger partial charge on any atom is 0.217 e. The Morgan fingerprint density at radius 3 is 2.71 bits per heavy atom. The highest BCUT2D eigenvalue weighted by Crippen LogP contribution is 2.41. The van der Waals surface area contributed by atoms with Crippen LogP contribution in [0.3, 0.4) is 0 Å². The van der Waals surface area contributed by atoms with Crippen molar-refractivity contribution in [2.75, 3.05) is 0 Å². The van der Waals surface area contributed by atoms with E-state index < -0.39 is 22.5 Å². The van der Waals surface area contributed by atoms with Crippen LogP contribution < -0.4 is 4.72 Å². The first-order valence-corrected chi connectivity index (χ1v) is 9.91. The van der Waals surface area contributed by atoms with Crippen molar-refractivity contribution >= 4 is 33.0 Å². The number of hydrogen-bond donors (Lipinski definition) is 2. The molecule has 2 heterocycles. The number of rotatable bonds is 5. The summed E-state index contributed by atoms with van der Waals surface area (Å²) in [5, 5.41) is 0. The third-order valence-corrected chi connectivity index (χ3v) is 5.29. The Labute approximate surface area is 159 Å². The van der Waals surface area contributed by atoms with Gasteiger partial charge >= 0.3 is 0 Å². The quantitative estimate of drug-likeness (QED) is 0.502. The Bertz CT molecular complexity index is 1300. The van der Waals surface area contributed by atoms with E-state index in [1.807, 2.05) is 6.07 Å². The molecule has 144 valence electrons. The van der Waals surface area contributed by atoms with Crippen molar-refractivity contribution in [2.45, 2.75) is 25.4 Å². The maximum absolute atomic E-state index is 14.5. The molecule has 0 saturated heterocycles. The zero-order valence-electron chi connectivity index (χ0n) is 14.5. The molecule has 0 unspecified atom stereocenters. The second kappa shape index (κ2) is 6.35. The summed E-state index contributed by atoms with van der Waals surface area (Å²) >= 11 is 0. The van der Waals surface area contributed by atoms with E-state index in [9.17, 15) is 17.2 Å². The van der Waals surface area contributed by atoms with Crippen molar-refractivity contribution < 1.29 is 17.2 Å². The Morgan fingerprint density at radius 1 is 1.14 bits per heavy atom. The topological polar surface area (TPSA) is 81.8 Å². The van der Waals surface area contributed by atoms with E-state index >= 15 is 0 Å². The van der Waals surface area contributed by atoms with Crippen LogP contribution in [-0.2, 0) is 17.4 Å². The third kappa shape index (κ3) is 2.76. The molecule has 2 aromatic carbocycles. The number of aromatic nitrogens is 4. The van der Waals surface area contributed by atoms with Gasteiger partial charge in [-0.2, -0.15) is 0 Å². The highest BCUT2D eigenvalue weighted by molar-refractivity contribution is 7.70. The van der Waals surface area contributed by atoms with Gasteiger partial charge in [0.05, 0.1) is 16.6 Å². The van der Waals surface area contributed by atoms with Gasteiger partial charge in [0.15, 0.2) is 11.6 Å². The number of halogens is 2. The molecule has 1 aliphatic carbocycles. The van der Waals surface area contributed by atoms with Crippen LogP contribution in [0.25, 0.3) is 28.0 Å².